The lowest BCUT2D eigenvalue weighted by Gasteiger charge is -2.32. The Bertz CT molecular complexity index is 895. The first kappa shape index (κ1) is 22.4. The molecule has 8 nitrogen and oxygen atoms in total. The zero-order valence-electron chi connectivity index (χ0n) is 18.1. The molecule has 8 heteroatoms. The summed E-state index contributed by atoms with van der Waals surface area (Å²) in [7, 11) is 3.20. The van der Waals surface area contributed by atoms with E-state index in [9.17, 15) is 9.59 Å². The molecule has 1 aliphatic rings. The maximum Gasteiger partial charge on any atom is 0.246 e. The number of nitrogens with one attached hydrogen (secondary N) is 2. The monoisotopic (exact) mass is 426 g/mol. The smallest absolute Gasteiger partial charge is 0.246 e. The Morgan fingerprint density at radius 3 is 2.94 bits per heavy atom. The van der Waals surface area contributed by atoms with Gasteiger partial charge in [0.05, 0.1) is 32.4 Å². The highest BCUT2D eigenvalue weighted by atomic mass is 16.5. The Morgan fingerprint density at radius 1 is 1.32 bits per heavy atom. The quantitative estimate of drug-likeness (QED) is 0.601. The molecular formula is C23H30N4O4. The fraction of sp³-hybridized carbons (Fsp3) is 0.435. The van der Waals surface area contributed by atoms with Crippen LogP contribution in [0.5, 0.6) is 11.5 Å². The van der Waals surface area contributed by atoms with Gasteiger partial charge in [-0.3, -0.25) is 9.59 Å². The van der Waals surface area contributed by atoms with Crippen molar-refractivity contribution in [2.75, 3.05) is 27.3 Å². The van der Waals surface area contributed by atoms with Gasteiger partial charge in [0.1, 0.15) is 11.5 Å². The molecule has 0 aliphatic carbocycles. The number of amides is 2. The van der Waals surface area contributed by atoms with Crippen LogP contribution in [0.3, 0.4) is 0 Å². The summed E-state index contributed by atoms with van der Waals surface area (Å²) in [5, 5.41) is 2.96. The third-order valence-electron chi connectivity index (χ3n) is 5.51. The van der Waals surface area contributed by atoms with E-state index in [1.165, 1.54) is 0 Å². The Hall–Kier alpha value is -3.29. The van der Waals surface area contributed by atoms with Crippen molar-refractivity contribution in [1.82, 2.24) is 20.2 Å². The van der Waals surface area contributed by atoms with Crippen molar-refractivity contribution in [3.8, 4) is 11.5 Å². The van der Waals surface area contributed by atoms with Crippen molar-refractivity contribution in [3.63, 3.8) is 0 Å². The second-order valence-electron chi connectivity index (χ2n) is 7.63. The standard InChI is InChI=1S/C23H30N4O4/c1-30-20-8-6-18(21(12-20)31-2)13-25-22(28)9-5-17-4-3-11-27(15-17)23(29)10-7-19-14-24-16-26-19/h6-8,10,12,14,16-17H,3-5,9,11,13,15H2,1-2H3,(H,24,26)(H,25,28). The first-order valence-corrected chi connectivity index (χ1v) is 10.5. The van der Waals surface area contributed by atoms with Gasteiger partial charge < -0.3 is 24.7 Å². The van der Waals surface area contributed by atoms with Crippen LogP contribution in [0.1, 0.15) is 36.9 Å². The zero-order valence-corrected chi connectivity index (χ0v) is 18.1. The van der Waals surface area contributed by atoms with E-state index in [-0.39, 0.29) is 11.8 Å². The average Bonchev–Trinajstić information content (AvgIpc) is 3.33. The largest absolute Gasteiger partial charge is 0.497 e. The molecule has 1 aromatic heterocycles. The highest BCUT2D eigenvalue weighted by Crippen LogP contribution is 2.25. The van der Waals surface area contributed by atoms with E-state index in [1.54, 1.807) is 45.0 Å². The predicted molar refractivity (Wildman–Crippen MR) is 118 cm³/mol. The molecule has 3 rings (SSSR count). The molecule has 1 atom stereocenters. The van der Waals surface area contributed by atoms with Crippen molar-refractivity contribution >= 4 is 17.9 Å². The summed E-state index contributed by atoms with van der Waals surface area (Å²) < 4.78 is 10.6. The molecule has 166 valence electrons. The minimum atomic E-state index is -0.00430. The average molecular weight is 427 g/mol. The van der Waals surface area contributed by atoms with Crippen LogP contribution in [-0.2, 0) is 16.1 Å². The van der Waals surface area contributed by atoms with E-state index < -0.39 is 0 Å². The minimum Gasteiger partial charge on any atom is -0.497 e. The number of ether oxygens (including phenoxy) is 2. The fourth-order valence-corrected chi connectivity index (χ4v) is 3.74. The van der Waals surface area contributed by atoms with E-state index in [0.717, 1.165) is 37.1 Å². The van der Waals surface area contributed by atoms with Gasteiger partial charge >= 0.3 is 0 Å². The number of nitrogens with zero attached hydrogens (tertiary/aromatic N) is 2. The highest BCUT2D eigenvalue weighted by molar-refractivity contribution is 5.91. The Labute approximate surface area is 182 Å². The number of likely N-dealkylation sites (tertiary alicyclic amines) is 1. The number of rotatable bonds is 9. The van der Waals surface area contributed by atoms with Crippen LogP contribution in [0.2, 0.25) is 0 Å². The molecule has 2 amide bonds. The van der Waals surface area contributed by atoms with Crippen molar-refractivity contribution in [1.29, 1.82) is 0 Å². The summed E-state index contributed by atoms with van der Waals surface area (Å²) in [6, 6.07) is 5.54. The van der Waals surface area contributed by atoms with Crippen LogP contribution in [0.25, 0.3) is 6.08 Å². The van der Waals surface area contributed by atoms with Crippen molar-refractivity contribution in [2.45, 2.75) is 32.2 Å². The SMILES string of the molecule is COc1ccc(CNC(=O)CCC2CCCN(C(=O)C=Cc3cnc[nH]3)C2)c(OC)c1. The summed E-state index contributed by atoms with van der Waals surface area (Å²) in [5.74, 6) is 1.72. The van der Waals surface area contributed by atoms with Gasteiger partial charge in [-0.2, -0.15) is 0 Å². The first-order valence-electron chi connectivity index (χ1n) is 10.5. The number of H-pyrrole nitrogens is 1. The van der Waals surface area contributed by atoms with Gasteiger partial charge in [0, 0.05) is 43.8 Å². The molecule has 0 saturated carbocycles. The number of benzene rings is 1. The van der Waals surface area contributed by atoms with Gasteiger partial charge in [0.15, 0.2) is 0 Å². The number of piperidine rings is 1. The number of carbonyl (C=O) groups excluding carboxylic acids is 2. The van der Waals surface area contributed by atoms with Crippen LogP contribution in [0.15, 0.2) is 36.8 Å². The molecule has 1 saturated heterocycles. The molecule has 31 heavy (non-hydrogen) atoms. The van der Waals surface area contributed by atoms with Crippen molar-refractivity contribution < 1.29 is 19.1 Å². The minimum absolute atomic E-state index is 0.000428. The first-order chi connectivity index (χ1) is 15.1. The highest BCUT2D eigenvalue weighted by Gasteiger charge is 2.23. The fourth-order valence-electron chi connectivity index (χ4n) is 3.74. The molecule has 1 fully saturated rings. The molecule has 0 spiro atoms. The molecular weight excluding hydrogens is 396 g/mol. The Morgan fingerprint density at radius 2 is 2.19 bits per heavy atom. The predicted octanol–water partition coefficient (Wildman–Crippen LogP) is 2.78. The maximum absolute atomic E-state index is 12.4. The number of imidazole rings is 1. The number of hydrogen-bond acceptors (Lipinski definition) is 5. The second kappa shape index (κ2) is 11.2. The summed E-state index contributed by atoms with van der Waals surface area (Å²) in [6.45, 7) is 1.84. The van der Waals surface area contributed by atoms with Gasteiger partial charge in [-0.1, -0.05) is 0 Å². The topological polar surface area (TPSA) is 96.5 Å². The normalized spacial score (nSPS) is 16.3. The molecule has 1 unspecified atom stereocenters. The molecule has 0 bridgehead atoms. The lowest BCUT2D eigenvalue weighted by atomic mass is 9.93. The zero-order chi connectivity index (χ0) is 22.1. The van der Waals surface area contributed by atoms with Gasteiger partial charge in [-0.15, -0.1) is 0 Å². The molecule has 1 aliphatic heterocycles. The van der Waals surface area contributed by atoms with Crippen LogP contribution in [0, 0.1) is 5.92 Å². The summed E-state index contributed by atoms with van der Waals surface area (Å²) in [6.07, 6.45) is 9.76. The summed E-state index contributed by atoms with van der Waals surface area (Å²) in [5.41, 5.74) is 1.70. The van der Waals surface area contributed by atoms with E-state index in [2.05, 4.69) is 15.3 Å². The Balaban J connectivity index is 1.43. The number of methoxy groups -OCH3 is 2. The number of aromatic amines is 1. The molecule has 1 aromatic carbocycles. The van der Waals surface area contributed by atoms with Crippen LogP contribution >= 0.6 is 0 Å². The third-order valence-corrected chi connectivity index (χ3v) is 5.51. The lowest BCUT2D eigenvalue weighted by molar-refractivity contribution is -0.127. The lowest BCUT2D eigenvalue weighted by Crippen LogP contribution is -2.39. The van der Waals surface area contributed by atoms with Gasteiger partial charge in [0.2, 0.25) is 11.8 Å². The van der Waals surface area contributed by atoms with Crippen LogP contribution in [0.4, 0.5) is 0 Å². The van der Waals surface area contributed by atoms with Gasteiger partial charge in [-0.05, 0) is 43.4 Å². The second-order valence-corrected chi connectivity index (χ2v) is 7.63. The number of hydrogen-bond donors (Lipinski definition) is 2. The van der Waals surface area contributed by atoms with E-state index >= 15 is 0 Å². The third kappa shape index (κ3) is 6.60. The Kier molecular flexibility index (Phi) is 8.09. The maximum atomic E-state index is 12.4. The molecule has 0 radical (unpaired) electrons. The van der Waals surface area contributed by atoms with Crippen LogP contribution in [-0.4, -0.2) is 54.0 Å². The van der Waals surface area contributed by atoms with Crippen LogP contribution < -0.4 is 14.8 Å². The van der Waals surface area contributed by atoms with Gasteiger partial charge in [0.25, 0.3) is 0 Å². The number of aromatic nitrogens is 2. The van der Waals surface area contributed by atoms with E-state index in [4.69, 9.17) is 9.47 Å². The van der Waals surface area contributed by atoms with E-state index in [1.807, 2.05) is 17.0 Å². The number of carbonyl (C=O) groups is 2. The van der Waals surface area contributed by atoms with Crippen molar-refractivity contribution in [2.24, 2.45) is 5.92 Å². The van der Waals surface area contributed by atoms with Crippen molar-refractivity contribution in [3.05, 3.63) is 48.1 Å². The molecule has 2 aromatic rings. The molecule has 2 heterocycles. The summed E-state index contributed by atoms with van der Waals surface area (Å²) in [4.78, 5) is 33.5. The summed E-state index contributed by atoms with van der Waals surface area (Å²) >= 11 is 0. The molecule has 2 N–H and O–H groups in total. The van der Waals surface area contributed by atoms with Gasteiger partial charge in [-0.25, -0.2) is 4.98 Å². The van der Waals surface area contributed by atoms with E-state index in [0.29, 0.717) is 36.9 Å².